The summed E-state index contributed by atoms with van der Waals surface area (Å²) in [6, 6.07) is 8.77. The molecule has 1 heterocycles. The zero-order valence-corrected chi connectivity index (χ0v) is 13.4. The van der Waals surface area contributed by atoms with Crippen LogP contribution >= 0.6 is 0 Å². The number of rotatable bonds is 7. The monoisotopic (exact) mass is 291 g/mol. The second-order valence-corrected chi connectivity index (χ2v) is 6.03. The lowest BCUT2D eigenvalue weighted by molar-refractivity contribution is 0.137. The van der Waals surface area contributed by atoms with Crippen LogP contribution in [-0.2, 0) is 6.54 Å². The minimum atomic E-state index is 0.533. The predicted molar refractivity (Wildman–Crippen MR) is 87.6 cm³/mol. The van der Waals surface area contributed by atoms with Crippen molar-refractivity contribution in [3.8, 4) is 5.75 Å². The molecule has 1 aliphatic rings. The minimum absolute atomic E-state index is 0.533. The molecule has 0 radical (unpaired) electrons. The molecule has 1 aromatic carbocycles. The van der Waals surface area contributed by atoms with E-state index in [1.807, 2.05) is 24.3 Å². The Morgan fingerprint density at radius 1 is 1.29 bits per heavy atom. The van der Waals surface area contributed by atoms with Crippen LogP contribution in [0.2, 0.25) is 0 Å². The average molecular weight is 291 g/mol. The van der Waals surface area contributed by atoms with Crippen molar-refractivity contribution in [3.05, 3.63) is 29.8 Å². The molecule has 0 unspecified atom stereocenters. The van der Waals surface area contributed by atoms with Crippen LogP contribution in [0.4, 0.5) is 0 Å². The maximum atomic E-state index is 5.87. The molecule has 1 saturated heterocycles. The number of likely N-dealkylation sites (tertiary alicyclic amines) is 1. The van der Waals surface area contributed by atoms with E-state index in [-0.39, 0.29) is 0 Å². The summed E-state index contributed by atoms with van der Waals surface area (Å²) >= 11 is 0. The van der Waals surface area contributed by atoms with Gasteiger partial charge in [0.25, 0.3) is 0 Å². The van der Waals surface area contributed by atoms with Crippen molar-refractivity contribution in [1.82, 2.24) is 9.80 Å². The number of benzene rings is 1. The molecule has 0 aromatic heterocycles. The highest BCUT2D eigenvalue weighted by Gasteiger charge is 2.19. The average Bonchev–Trinajstić information content (AvgIpc) is 2.52. The summed E-state index contributed by atoms with van der Waals surface area (Å²) in [4.78, 5) is 4.91. The molecule has 0 saturated carbocycles. The Hall–Kier alpha value is -1.10. The fourth-order valence-corrected chi connectivity index (χ4v) is 2.93. The maximum Gasteiger partial charge on any atom is 0.123 e. The van der Waals surface area contributed by atoms with Crippen molar-refractivity contribution < 1.29 is 4.74 Å². The highest BCUT2D eigenvalue weighted by molar-refractivity contribution is 5.32. The number of hydrogen-bond acceptors (Lipinski definition) is 4. The summed E-state index contributed by atoms with van der Waals surface area (Å²) in [6.07, 6.45) is 3.62. The molecule has 1 aromatic rings. The first-order chi connectivity index (χ1) is 10.2. The summed E-state index contributed by atoms with van der Waals surface area (Å²) in [6.45, 7) is 4.82. The van der Waals surface area contributed by atoms with Gasteiger partial charge >= 0.3 is 0 Å². The van der Waals surface area contributed by atoms with E-state index >= 15 is 0 Å². The Morgan fingerprint density at radius 2 is 2.00 bits per heavy atom. The van der Waals surface area contributed by atoms with Gasteiger partial charge in [0.15, 0.2) is 0 Å². The summed E-state index contributed by atoms with van der Waals surface area (Å²) in [7, 11) is 4.45. The zero-order chi connectivity index (χ0) is 15.1. The smallest absolute Gasteiger partial charge is 0.123 e. The van der Waals surface area contributed by atoms with E-state index in [9.17, 15) is 0 Å². The van der Waals surface area contributed by atoms with Gasteiger partial charge in [-0.3, -0.25) is 0 Å². The van der Waals surface area contributed by atoms with Gasteiger partial charge in [0.05, 0.1) is 6.61 Å². The molecule has 0 amide bonds. The highest BCUT2D eigenvalue weighted by Crippen LogP contribution is 2.18. The molecule has 0 atom stereocenters. The molecule has 1 fully saturated rings. The van der Waals surface area contributed by atoms with Crippen LogP contribution in [0.1, 0.15) is 24.8 Å². The van der Waals surface area contributed by atoms with E-state index in [4.69, 9.17) is 10.5 Å². The predicted octanol–water partition coefficient (Wildman–Crippen LogP) is 1.94. The number of hydrogen-bond donors (Lipinski definition) is 1. The Bertz CT molecular complexity index is 416. The molecular weight excluding hydrogens is 262 g/mol. The van der Waals surface area contributed by atoms with Gasteiger partial charge in [-0.1, -0.05) is 18.2 Å². The van der Waals surface area contributed by atoms with E-state index < -0.39 is 0 Å². The topological polar surface area (TPSA) is 41.7 Å². The summed E-state index contributed by atoms with van der Waals surface area (Å²) in [5.74, 6) is 0.932. The normalized spacial score (nSPS) is 17.3. The highest BCUT2D eigenvalue weighted by atomic mass is 16.5. The molecular formula is C17H29N3O. The standard InChI is InChI=1S/C17H29N3O/c1-19-11-8-16(9-12-19)20(2)10-5-13-21-17-7-4-3-6-15(17)14-18/h3-4,6-7,16H,5,8-14,18H2,1-2H3. The maximum absolute atomic E-state index is 5.87. The molecule has 0 aliphatic carbocycles. The van der Waals surface area contributed by atoms with E-state index in [1.165, 1.54) is 25.9 Å². The quantitative estimate of drug-likeness (QED) is 0.780. The number of para-hydroxylation sites is 1. The van der Waals surface area contributed by atoms with Crippen molar-refractivity contribution in [1.29, 1.82) is 0 Å². The fourth-order valence-electron chi connectivity index (χ4n) is 2.93. The molecule has 0 spiro atoms. The molecule has 21 heavy (non-hydrogen) atoms. The van der Waals surface area contributed by atoms with Gasteiger partial charge in [-0.2, -0.15) is 0 Å². The molecule has 4 heteroatoms. The van der Waals surface area contributed by atoms with Gasteiger partial charge < -0.3 is 20.3 Å². The van der Waals surface area contributed by atoms with Crippen LogP contribution in [-0.4, -0.2) is 56.2 Å². The van der Waals surface area contributed by atoms with E-state index in [1.54, 1.807) is 0 Å². The van der Waals surface area contributed by atoms with E-state index in [0.717, 1.165) is 36.9 Å². The van der Waals surface area contributed by atoms with Crippen LogP contribution in [0.3, 0.4) is 0 Å². The van der Waals surface area contributed by atoms with Crippen LogP contribution in [0.15, 0.2) is 24.3 Å². The molecule has 0 bridgehead atoms. The van der Waals surface area contributed by atoms with Gasteiger partial charge in [-0.25, -0.2) is 0 Å². The molecule has 118 valence electrons. The third-order valence-corrected chi connectivity index (χ3v) is 4.42. The second kappa shape index (κ2) is 8.37. The van der Waals surface area contributed by atoms with Crippen LogP contribution in [0.5, 0.6) is 5.75 Å². The largest absolute Gasteiger partial charge is 0.493 e. The molecule has 1 aliphatic heterocycles. The fraction of sp³-hybridized carbons (Fsp3) is 0.647. The number of nitrogens with two attached hydrogens (primary N) is 1. The van der Waals surface area contributed by atoms with Gasteiger partial charge in [0.1, 0.15) is 5.75 Å². The lowest BCUT2D eigenvalue weighted by Gasteiger charge is -2.35. The van der Waals surface area contributed by atoms with Crippen LogP contribution < -0.4 is 10.5 Å². The van der Waals surface area contributed by atoms with Crippen LogP contribution in [0, 0.1) is 0 Å². The van der Waals surface area contributed by atoms with Crippen molar-refractivity contribution in [2.24, 2.45) is 5.73 Å². The minimum Gasteiger partial charge on any atom is -0.493 e. The van der Waals surface area contributed by atoms with Crippen molar-refractivity contribution in [2.75, 3.05) is 40.3 Å². The third kappa shape index (κ3) is 4.99. The van der Waals surface area contributed by atoms with Gasteiger partial charge in [0.2, 0.25) is 0 Å². The third-order valence-electron chi connectivity index (χ3n) is 4.42. The Kier molecular flexibility index (Phi) is 6.49. The van der Waals surface area contributed by atoms with Crippen molar-refractivity contribution in [2.45, 2.75) is 31.8 Å². The van der Waals surface area contributed by atoms with E-state index in [2.05, 4.69) is 23.9 Å². The van der Waals surface area contributed by atoms with Crippen LogP contribution in [0.25, 0.3) is 0 Å². The molecule has 2 N–H and O–H groups in total. The first-order valence-electron chi connectivity index (χ1n) is 8.00. The van der Waals surface area contributed by atoms with Crippen molar-refractivity contribution >= 4 is 0 Å². The first kappa shape index (κ1) is 16.3. The van der Waals surface area contributed by atoms with Gasteiger partial charge in [-0.05, 0) is 52.5 Å². The summed E-state index contributed by atoms with van der Waals surface area (Å²) < 4.78 is 5.87. The summed E-state index contributed by atoms with van der Waals surface area (Å²) in [5.41, 5.74) is 6.80. The second-order valence-electron chi connectivity index (χ2n) is 6.03. The number of ether oxygens (including phenoxy) is 1. The van der Waals surface area contributed by atoms with Gasteiger partial charge in [0, 0.05) is 24.7 Å². The van der Waals surface area contributed by atoms with Gasteiger partial charge in [-0.15, -0.1) is 0 Å². The number of nitrogens with zero attached hydrogens (tertiary/aromatic N) is 2. The summed E-state index contributed by atoms with van der Waals surface area (Å²) in [5, 5.41) is 0. The Morgan fingerprint density at radius 3 is 2.71 bits per heavy atom. The Balaban J connectivity index is 1.67. The molecule has 4 nitrogen and oxygen atoms in total. The Labute approximate surface area is 128 Å². The number of piperidine rings is 1. The van der Waals surface area contributed by atoms with E-state index in [0.29, 0.717) is 6.54 Å². The zero-order valence-electron chi connectivity index (χ0n) is 13.4. The first-order valence-corrected chi connectivity index (χ1v) is 8.00. The molecule has 2 rings (SSSR count). The SMILES string of the molecule is CN1CCC(N(C)CCCOc2ccccc2CN)CC1. The lowest BCUT2D eigenvalue weighted by atomic mass is 10.0. The lowest BCUT2D eigenvalue weighted by Crippen LogP contribution is -2.42. The van der Waals surface area contributed by atoms with Crippen molar-refractivity contribution in [3.63, 3.8) is 0 Å².